The van der Waals surface area contributed by atoms with Crippen LogP contribution >= 0.6 is 12.2 Å². The van der Waals surface area contributed by atoms with E-state index in [0.717, 1.165) is 16.9 Å². The molecule has 3 rings (SSSR count). The molecule has 6 nitrogen and oxygen atoms in total. The number of hydrogen-bond donors (Lipinski definition) is 0. The van der Waals surface area contributed by atoms with Crippen LogP contribution in [-0.2, 0) is 0 Å². The van der Waals surface area contributed by atoms with Gasteiger partial charge in [-0.25, -0.2) is 5.01 Å². The molecule has 134 valence electrons. The van der Waals surface area contributed by atoms with Gasteiger partial charge in [-0.15, -0.1) is 5.11 Å². The van der Waals surface area contributed by atoms with Crippen LogP contribution in [0.25, 0.3) is 0 Å². The lowest BCUT2D eigenvalue weighted by Gasteiger charge is -2.17. The van der Waals surface area contributed by atoms with E-state index in [2.05, 4.69) is 15.3 Å². The first-order chi connectivity index (χ1) is 12.7. The van der Waals surface area contributed by atoms with Crippen molar-refractivity contribution in [3.8, 4) is 11.5 Å². The summed E-state index contributed by atoms with van der Waals surface area (Å²) in [6.07, 6.45) is 1.36. The van der Waals surface area contributed by atoms with Gasteiger partial charge in [-0.05, 0) is 38.2 Å². The first-order valence-corrected chi connectivity index (χ1v) is 8.86. The van der Waals surface area contributed by atoms with Gasteiger partial charge in [-0.3, -0.25) is 0 Å². The summed E-state index contributed by atoms with van der Waals surface area (Å²) in [7, 11) is 0. The number of hydrazone groups is 1. The first-order valence-electron chi connectivity index (χ1n) is 8.45. The summed E-state index contributed by atoms with van der Waals surface area (Å²) in [5.74, 6) is 1.47. The molecule has 0 saturated carbocycles. The van der Waals surface area contributed by atoms with Gasteiger partial charge in [0.05, 0.1) is 19.4 Å². The third-order valence-corrected chi connectivity index (χ3v) is 3.96. The molecule has 0 radical (unpaired) electrons. The minimum atomic E-state index is -0.349. The highest BCUT2D eigenvalue weighted by Crippen LogP contribution is 2.29. The number of rotatable bonds is 7. The van der Waals surface area contributed by atoms with Gasteiger partial charge in [0.2, 0.25) is 5.11 Å². The molecule has 2 aromatic carbocycles. The van der Waals surface area contributed by atoms with Crippen LogP contribution in [0.15, 0.2) is 63.9 Å². The second-order valence-electron chi connectivity index (χ2n) is 5.44. The highest BCUT2D eigenvalue weighted by atomic mass is 32.1. The van der Waals surface area contributed by atoms with Crippen molar-refractivity contribution < 1.29 is 9.47 Å². The third kappa shape index (κ3) is 4.05. The smallest absolute Gasteiger partial charge is 0.238 e. The number of benzene rings is 2. The summed E-state index contributed by atoms with van der Waals surface area (Å²) in [5.41, 5.74) is 1.81. The van der Waals surface area contributed by atoms with Crippen LogP contribution in [0.1, 0.15) is 31.1 Å². The Labute approximate surface area is 158 Å². The van der Waals surface area contributed by atoms with Crippen LogP contribution in [0, 0.1) is 0 Å². The Balaban J connectivity index is 1.85. The number of thiocarbonyl (C=S) groups is 1. The van der Waals surface area contributed by atoms with Crippen molar-refractivity contribution in [3.63, 3.8) is 0 Å². The van der Waals surface area contributed by atoms with E-state index in [9.17, 15) is 0 Å². The zero-order valence-electron chi connectivity index (χ0n) is 14.7. The summed E-state index contributed by atoms with van der Waals surface area (Å²) >= 11 is 5.27. The van der Waals surface area contributed by atoms with Crippen LogP contribution < -0.4 is 9.47 Å². The number of azo groups is 1. The van der Waals surface area contributed by atoms with Crippen molar-refractivity contribution in [2.45, 2.75) is 20.0 Å². The monoisotopic (exact) mass is 368 g/mol. The van der Waals surface area contributed by atoms with Gasteiger partial charge in [-0.1, -0.05) is 30.3 Å². The maximum Gasteiger partial charge on any atom is 0.238 e. The van der Waals surface area contributed by atoms with Crippen molar-refractivity contribution in [1.29, 1.82) is 0 Å². The quantitative estimate of drug-likeness (QED) is 0.531. The molecule has 1 aliphatic heterocycles. The maximum atomic E-state index is 5.71. The molecule has 26 heavy (non-hydrogen) atoms. The molecule has 0 aromatic heterocycles. The molecule has 1 unspecified atom stereocenters. The van der Waals surface area contributed by atoms with E-state index in [4.69, 9.17) is 21.7 Å². The third-order valence-electron chi connectivity index (χ3n) is 3.70. The Morgan fingerprint density at radius 1 is 1.12 bits per heavy atom. The molecule has 7 heteroatoms. The fraction of sp³-hybridized carbons (Fsp3) is 0.263. The summed E-state index contributed by atoms with van der Waals surface area (Å²) in [4.78, 5) is 0. The van der Waals surface area contributed by atoms with Crippen LogP contribution in [0.5, 0.6) is 11.5 Å². The van der Waals surface area contributed by atoms with Crippen molar-refractivity contribution in [2.24, 2.45) is 15.3 Å². The molecule has 0 bridgehead atoms. The lowest BCUT2D eigenvalue weighted by Crippen LogP contribution is -2.21. The van der Waals surface area contributed by atoms with Crippen molar-refractivity contribution in [1.82, 2.24) is 5.01 Å². The topological polar surface area (TPSA) is 58.8 Å². The summed E-state index contributed by atoms with van der Waals surface area (Å²) in [6, 6.07) is 15.5. The van der Waals surface area contributed by atoms with E-state index in [-0.39, 0.29) is 6.17 Å². The van der Waals surface area contributed by atoms with Crippen LogP contribution in [0.3, 0.4) is 0 Å². The Kier molecular flexibility index (Phi) is 5.91. The fourth-order valence-corrected chi connectivity index (χ4v) is 2.73. The Bertz CT molecular complexity index is 824. The van der Waals surface area contributed by atoms with E-state index < -0.39 is 0 Å². The molecule has 0 N–H and O–H groups in total. The first kappa shape index (κ1) is 18.0. The van der Waals surface area contributed by atoms with Crippen LogP contribution in [0.2, 0.25) is 0 Å². The van der Waals surface area contributed by atoms with Crippen molar-refractivity contribution in [2.75, 3.05) is 13.2 Å². The van der Waals surface area contributed by atoms with E-state index in [0.29, 0.717) is 24.1 Å². The van der Waals surface area contributed by atoms with Gasteiger partial charge < -0.3 is 9.47 Å². The lowest BCUT2D eigenvalue weighted by atomic mass is 10.2. The number of ether oxygens (including phenoxy) is 2. The van der Waals surface area contributed by atoms with E-state index in [1.807, 2.05) is 62.4 Å². The molecule has 0 fully saturated rings. The number of hydrogen-bond acceptors (Lipinski definition) is 5. The summed E-state index contributed by atoms with van der Waals surface area (Å²) < 4.78 is 11.2. The largest absolute Gasteiger partial charge is 0.494 e. The predicted molar refractivity (Wildman–Crippen MR) is 105 cm³/mol. The van der Waals surface area contributed by atoms with Gasteiger partial charge in [0.25, 0.3) is 0 Å². The molecule has 0 aliphatic carbocycles. The number of nitrogens with zero attached hydrogens (tertiary/aromatic N) is 4. The summed E-state index contributed by atoms with van der Waals surface area (Å²) in [5, 5.41) is 14.7. The molecule has 1 heterocycles. The normalized spacial score (nSPS) is 16.5. The Hall–Kier alpha value is -2.80. The predicted octanol–water partition coefficient (Wildman–Crippen LogP) is 4.57. The molecule has 0 spiro atoms. The van der Waals surface area contributed by atoms with Gasteiger partial charge in [-0.2, -0.15) is 10.2 Å². The summed E-state index contributed by atoms with van der Waals surface area (Å²) in [6.45, 7) is 5.03. The van der Waals surface area contributed by atoms with Crippen molar-refractivity contribution >= 4 is 23.5 Å². The van der Waals surface area contributed by atoms with Crippen LogP contribution in [-0.4, -0.2) is 29.5 Å². The zero-order valence-corrected chi connectivity index (χ0v) is 15.5. The molecule has 2 aromatic rings. The molecule has 0 saturated heterocycles. The second-order valence-corrected chi connectivity index (χ2v) is 5.80. The maximum absolute atomic E-state index is 5.71. The van der Waals surface area contributed by atoms with Crippen molar-refractivity contribution in [3.05, 3.63) is 59.7 Å². The van der Waals surface area contributed by atoms with Gasteiger partial charge in [0, 0.05) is 17.2 Å². The average molecular weight is 368 g/mol. The molecular formula is C19H20N4O2S. The standard InChI is InChI=1S/C19H20N4O2S/c1-3-24-16-11-10-15(17(12-16)25-4-2)13-20-23-18(21-22-19(23)26)14-8-6-5-7-9-14/h5-13,18H,3-4H2,1-2H3. The van der Waals surface area contributed by atoms with E-state index in [1.54, 1.807) is 11.2 Å². The zero-order chi connectivity index (χ0) is 18.4. The highest BCUT2D eigenvalue weighted by molar-refractivity contribution is 7.80. The van der Waals surface area contributed by atoms with E-state index in [1.165, 1.54) is 0 Å². The lowest BCUT2D eigenvalue weighted by molar-refractivity contribution is 0.322. The fourth-order valence-electron chi connectivity index (χ4n) is 2.53. The van der Waals surface area contributed by atoms with Gasteiger partial charge >= 0.3 is 0 Å². The molecule has 1 atom stereocenters. The SMILES string of the molecule is CCOc1ccc(C=NN2C(=S)N=NC2c2ccccc2)c(OCC)c1. The minimum Gasteiger partial charge on any atom is -0.494 e. The molecular weight excluding hydrogens is 348 g/mol. The average Bonchev–Trinajstić information content (AvgIpc) is 3.03. The Morgan fingerprint density at radius 2 is 1.88 bits per heavy atom. The highest BCUT2D eigenvalue weighted by Gasteiger charge is 2.27. The van der Waals surface area contributed by atoms with E-state index >= 15 is 0 Å². The molecule has 0 amide bonds. The Morgan fingerprint density at radius 3 is 2.62 bits per heavy atom. The van der Waals surface area contributed by atoms with Gasteiger partial charge in [0.15, 0.2) is 6.17 Å². The van der Waals surface area contributed by atoms with Crippen LogP contribution in [0.4, 0.5) is 0 Å². The molecule has 1 aliphatic rings. The minimum absolute atomic E-state index is 0.332. The second kappa shape index (κ2) is 8.53. The van der Waals surface area contributed by atoms with Gasteiger partial charge in [0.1, 0.15) is 11.5 Å².